The highest BCUT2D eigenvalue weighted by molar-refractivity contribution is 6.09. The first-order chi connectivity index (χ1) is 21.6. The third-order valence-electron chi connectivity index (χ3n) is 8.19. The average molecular weight is 603 g/mol. The van der Waals surface area contributed by atoms with E-state index in [9.17, 15) is 13.2 Å². The van der Waals surface area contributed by atoms with Gasteiger partial charge in [0.25, 0.3) is 0 Å². The number of hydrogen-bond acceptors (Lipinski definition) is 3. The minimum absolute atomic E-state index is 0.0902. The molecular formula is C37H29F3N4O. The molecule has 0 saturated carbocycles. The van der Waals surface area contributed by atoms with Crippen LogP contribution in [0.4, 0.5) is 13.2 Å². The minimum atomic E-state index is -4.63. The number of nitrogens with zero attached hydrogens (tertiary/aromatic N) is 4. The number of rotatable bonds is 5. The molecule has 8 heteroatoms. The second kappa shape index (κ2) is 10.7. The van der Waals surface area contributed by atoms with Crippen molar-refractivity contribution < 1.29 is 17.9 Å². The van der Waals surface area contributed by atoms with Crippen LogP contribution in [0.15, 0.2) is 103 Å². The van der Waals surface area contributed by atoms with Crippen molar-refractivity contribution in [3.05, 3.63) is 131 Å². The lowest BCUT2D eigenvalue weighted by atomic mass is 9.94. The third kappa shape index (κ3) is 4.92. The first-order valence-corrected chi connectivity index (χ1v) is 14.6. The smallest absolute Gasteiger partial charge is 0.435 e. The maximum Gasteiger partial charge on any atom is 0.435 e. The molecule has 0 aliphatic rings. The van der Waals surface area contributed by atoms with E-state index in [1.165, 1.54) is 4.68 Å². The molecule has 0 spiro atoms. The van der Waals surface area contributed by atoms with E-state index in [1.54, 1.807) is 37.4 Å². The van der Waals surface area contributed by atoms with E-state index < -0.39 is 11.9 Å². The van der Waals surface area contributed by atoms with Crippen molar-refractivity contribution in [1.29, 1.82) is 0 Å². The van der Waals surface area contributed by atoms with Crippen molar-refractivity contribution in [2.75, 3.05) is 0 Å². The van der Waals surface area contributed by atoms with Crippen molar-refractivity contribution in [2.24, 2.45) is 0 Å². The number of hydrogen-bond donors (Lipinski definition) is 0. The van der Waals surface area contributed by atoms with Crippen molar-refractivity contribution >= 4 is 21.8 Å². The van der Waals surface area contributed by atoms with Crippen LogP contribution in [-0.2, 0) is 6.18 Å². The fourth-order valence-electron chi connectivity index (χ4n) is 6.18. The molecule has 0 atom stereocenters. The van der Waals surface area contributed by atoms with E-state index in [1.807, 2.05) is 81.4 Å². The molecule has 0 radical (unpaired) electrons. The first-order valence-electron chi connectivity index (χ1n) is 14.6. The van der Waals surface area contributed by atoms with Gasteiger partial charge in [0.1, 0.15) is 17.3 Å². The Labute approximate surface area is 258 Å². The summed E-state index contributed by atoms with van der Waals surface area (Å²) in [5, 5.41) is 6.25. The lowest BCUT2D eigenvalue weighted by molar-refractivity contribution is -0.140. The molecule has 0 bridgehead atoms. The molecule has 5 nitrogen and oxygen atoms in total. The average Bonchev–Trinajstić information content (AvgIpc) is 3.52. The van der Waals surface area contributed by atoms with Gasteiger partial charge >= 0.3 is 6.18 Å². The molecule has 0 N–H and O–H groups in total. The zero-order valence-electron chi connectivity index (χ0n) is 25.1. The topological polar surface area (TPSA) is 44.9 Å². The fraction of sp³-hybridized carbons (Fsp3) is 0.135. The highest BCUT2D eigenvalue weighted by Gasteiger charge is 2.39. The lowest BCUT2D eigenvalue weighted by Gasteiger charge is -2.13. The highest BCUT2D eigenvalue weighted by Crippen LogP contribution is 2.42. The predicted molar refractivity (Wildman–Crippen MR) is 172 cm³/mol. The molecule has 0 aliphatic heterocycles. The highest BCUT2D eigenvalue weighted by atomic mass is 19.4. The van der Waals surface area contributed by atoms with Crippen LogP contribution in [0.5, 0.6) is 11.5 Å². The summed E-state index contributed by atoms with van der Waals surface area (Å²) in [7, 11) is 0. The lowest BCUT2D eigenvalue weighted by Crippen LogP contribution is -2.09. The number of halogens is 3. The summed E-state index contributed by atoms with van der Waals surface area (Å²) in [6.45, 7) is 7.34. The van der Waals surface area contributed by atoms with E-state index in [2.05, 4.69) is 26.8 Å². The Kier molecular flexibility index (Phi) is 6.73. The molecule has 4 aromatic carbocycles. The van der Waals surface area contributed by atoms with Crippen LogP contribution in [0.1, 0.15) is 28.1 Å². The molecule has 0 saturated heterocycles. The van der Waals surface area contributed by atoms with Crippen LogP contribution in [0.25, 0.3) is 44.4 Å². The Morgan fingerprint density at radius 1 is 0.667 bits per heavy atom. The van der Waals surface area contributed by atoms with Gasteiger partial charge < -0.3 is 4.74 Å². The fourth-order valence-corrected chi connectivity index (χ4v) is 6.18. The van der Waals surface area contributed by atoms with Gasteiger partial charge in [-0.25, -0.2) is 9.67 Å². The Morgan fingerprint density at radius 2 is 1.38 bits per heavy atom. The Bertz CT molecular complexity index is 2220. The van der Waals surface area contributed by atoms with Crippen LogP contribution >= 0.6 is 0 Å². The van der Waals surface area contributed by atoms with Crippen molar-refractivity contribution in [2.45, 2.75) is 33.9 Å². The van der Waals surface area contributed by atoms with Crippen LogP contribution in [0, 0.1) is 27.7 Å². The van der Waals surface area contributed by atoms with Crippen molar-refractivity contribution in [3.63, 3.8) is 0 Å². The summed E-state index contributed by atoms with van der Waals surface area (Å²) in [5.41, 5.74) is 5.16. The van der Waals surface area contributed by atoms with Gasteiger partial charge in [0.2, 0.25) is 0 Å². The normalized spacial score (nSPS) is 11.9. The molecule has 3 aromatic heterocycles. The number of fused-ring (bicyclic) bond motifs is 3. The number of ether oxygens (including phenoxy) is 1. The summed E-state index contributed by atoms with van der Waals surface area (Å²) < 4.78 is 52.8. The number of benzene rings is 4. The van der Waals surface area contributed by atoms with Gasteiger partial charge in [-0.3, -0.25) is 4.57 Å². The maximum absolute atomic E-state index is 14.3. The summed E-state index contributed by atoms with van der Waals surface area (Å²) in [6.07, 6.45) is -2.83. The number of aryl methyl sites for hydroxylation is 3. The Hall–Kier alpha value is -5.37. The molecular weight excluding hydrogens is 573 g/mol. The predicted octanol–water partition coefficient (Wildman–Crippen LogP) is 10.1. The van der Waals surface area contributed by atoms with E-state index in [0.29, 0.717) is 28.4 Å². The summed E-state index contributed by atoms with van der Waals surface area (Å²) in [4.78, 5) is 4.64. The molecule has 7 aromatic rings. The molecule has 3 heterocycles. The maximum atomic E-state index is 14.3. The largest absolute Gasteiger partial charge is 0.457 e. The minimum Gasteiger partial charge on any atom is -0.457 e. The van der Waals surface area contributed by atoms with E-state index in [4.69, 9.17) is 4.74 Å². The van der Waals surface area contributed by atoms with Crippen molar-refractivity contribution in [3.8, 4) is 34.1 Å². The Balaban J connectivity index is 1.32. The number of aromatic nitrogens is 4. The molecule has 45 heavy (non-hydrogen) atoms. The SMILES string of the molecule is Cc1ccnc(-n2c3ccccc3c3ccc(Oc4cccc(-n5nc(C(F)(F)F)c(-c6c(C)cccc6C)c5C)c4)cc32)c1. The van der Waals surface area contributed by atoms with Gasteiger partial charge in [-0.05, 0) is 92.4 Å². The van der Waals surface area contributed by atoms with E-state index >= 15 is 0 Å². The zero-order chi connectivity index (χ0) is 31.5. The summed E-state index contributed by atoms with van der Waals surface area (Å²) in [6, 6.07) is 30.5. The summed E-state index contributed by atoms with van der Waals surface area (Å²) >= 11 is 0. The molecule has 0 amide bonds. The number of alkyl halides is 3. The molecule has 7 rings (SSSR count). The van der Waals surface area contributed by atoms with Gasteiger partial charge in [0.05, 0.1) is 16.7 Å². The quantitative estimate of drug-likeness (QED) is 0.197. The standard InChI is InChI=1S/C37H29F3N4O/c1-22-17-18-41-33(19-22)43-31-14-6-5-13-29(31)30-16-15-28(21-32(30)43)45-27-12-8-11-26(20-27)44-25(4)35(36(42-44)37(38,39)40)34-23(2)9-7-10-24(34)3/h5-21H,1-4H3. The number of pyridine rings is 1. The zero-order valence-corrected chi connectivity index (χ0v) is 25.1. The van der Waals surface area contributed by atoms with Gasteiger partial charge in [0.15, 0.2) is 5.69 Å². The van der Waals surface area contributed by atoms with Crippen LogP contribution < -0.4 is 4.74 Å². The van der Waals surface area contributed by atoms with Crippen molar-refractivity contribution in [1.82, 2.24) is 19.3 Å². The van der Waals surface area contributed by atoms with Crippen LogP contribution in [-0.4, -0.2) is 19.3 Å². The second-order valence-corrected chi connectivity index (χ2v) is 11.3. The van der Waals surface area contributed by atoms with Crippen LogP contribution in [0.2, 0.25) is 0 Å². The number of para-hydroxylation sites is 1. The van der Waals surface area contributed by atoms with E-state index in [-0.39, 0.29) is 5.56 Å². The molecule has 0 fully saturated rings. The molecule has 224 valence electrons. The second-order valence-electron chi connectivity index (χ2n) is 11.3. The van der Waals surface area contributed by atoms with Gasteiger partial charge in [0, 0.05) is 40.4 Å². The van der Waals surface area contributed by atoms with Gasteiger partial charge in [-0.2, -0.15) is 18.3 Å². The summed E-state index contributed by atoms with van der Waals surface area (Å²) in [5.74, 6) is 1.86. The van der Waals surface area contributed by atoms with Gasteiger partial charge in [-0.15, -0.1) is 0 Å². The van der Waals surface area contributed by atoms with Crippen LogP contribution in [0.3, 0.4) is 0 Å². The molecule has 0 unspecified atom stereocenters. The first kappa shape index (κ1) is 28.4. The van der Waals surface area contributed by atoms with Gasteiger partial charge in [-0.1, -0.05) is 42.5 Å². The molecule has 0 aliphatic carbocycles. The van der Waals surface area contributed by atoms with E-state index in [0.717, 1.165) is 44.3 Å². The monoisotopic (exact) mass is 602 g/mol. The Morgan fingerprint density at radius 3 is 2.13 bits per heavy atom. The third-order valence-corrected chi connectivity index (χ3v) is 8.19.